The van der Waals surface area contributed by atoms with Crippen LogP contribution in [-0.2, 0) is 9.53 Å². The molecule has 0 aromatic rings. The average Bonchev–Trinajstić information content (AvgIpc) is 2.28. The molecule has 0 radical (unpaired) electrons. The topological polar surface area (TPSA) is 46.5 Å². The quantitative estimate of drug-likeness (QED) is 0.785. The van der Waals surface area contributed by atoms with Gasteiger partial charge in [-0.2, -0.15) is 0 Å². The van der Waals surface area contributed by atoms with Gasteiger partial charge in [0, 0.05) is 0 Å². The minimum absolute atomic E-state index is 0.240. The van der Waals surface area contributed by atoms with E-state index in [1.807, 2.05) is 0 Å². The fourth-order valence-corrected chi connectivity index (χ4v) is 2.83. The summed E-state index contributed by atoms with van der Waals surface area (Å²) in [6.07, 6.45) is 7.63. The maximum Gasteiger partial charge on any atom is 0.314 e. The van der Waals surface area contributed by atoms with E-state index >= 15 is 0 Å². The molecule has 0 bridgehead atoms. The Morgan fingerprint density at radius 1 is 1.22 bits per heavy atom. The van der Waals surface area contributed by atoms with Crippen LogP contribution < -0.4 is 0 Å². The Labute approximate surface area is 111 Å². The maximum absolute atomic E-state index is 11.9. The van der Waals surface area contributed by atoms with Crippen molar-refractivity contribution in [1.29, 1.82) is 0 Å². The molecule has 0 heterocycles. The van der Waals surface area contributed by atoms with Gasteiger partial charge in [0.15, 0.2) is 0 Å². The second kappa shape index (κ2) is 7.13. The van der Waals surface area contributed by atoms with Crippen molar-refractivity contribution < 1.29 is 14.6 Å². The number of ether oxygens (including phenoxy) is 1. The van der Waals surface area contributed by atoms with Crippen LogP contribution in [0, 0.1) is 11.3 Å². The van der Waals surface area contributed by atoms with Crippen LogP contribution in [0.4, 0.5) is 0 Å². The van der Waals surface area contributed by atoms with Gasteiger partial charge in [-0.05, 0) is 39.5 Å². The monoisotopic (exact) mass is 256 g/mol. The Morgan fingerprint density at radius 2 is 1.72 bits per heavy atom. The van der Waals surface area contributed by atoms with Crippen LogP contribution in [-0.4, -0.2) is 23.8 Å². The fourth-order valence-electron chi connectivity index (χ4n) is 2.83. The Hall–Kier alpha value is -0.570. The molecule has 3 heteroatoms. The first kappa shape index (κ1) is 15.5. The standard InChI is InChI=1S/C15H28O3/c1-4-18-14(17)15(2,3)13(16)12-10-8-6-5-7-9-11-12/h12-13,16H,4-11H2,1-3H3. The van der Waals surface area contributed by atoms with E-state index < -0.39 is 11.5 Å². The third-order valence-corrected chi connectivity index (χ3v) is 4.14. The highest BCUT2D eigenvalue weighted by Gasteiger charge is 2.41. The molecule has 18 heavy (non-hydrogen) atoms. The van der Waals surface area contributed by atoms with Crippen LogP contribution in [0.25, 0.3) is 0 Å². The SMILES string of the molecule is CCOC(=O)C(C)(C)C(O)C1CCCCCCC1. The van der Waals surface area contributed by atoms with Gasteiger partial charge >= 0.3 is 5.97 Å². The maximum atomic E-state index is 11.9. The second-order valence-electron chi connectivity index (χ2n) is 5.99. The minimum Gasteiger partial charge on any atom is -0.466 e. The molecule has 1 aliphatic rings. The van der Waals surface area contributed by atoms with Gasteiger partial charge in [0.25, 0.3) is 0 Å². The lowest BCUT2D eigenvalue weighted by Crippen LogP contribution is -2.43. The van der Waals surface area contributed by atoms with E-state index in [1.165, 1.54) is 32.1 Å². The number of hydrogen-bond acceptors (Lipinski definition) is 3. The van der Waals surface area contributed by atoms with Crippen LogP contribution in [0.15, 0.2) is 0 Å². The molecule has 0 aliphatic heterocycles. The second-order valence-corrected chi connectivity index (χ2v) is 5.99. The summed E-state index contributed by atoms with van der Waals surface area (Å²) in [5.41, 5.74) is -0.792. The van der Waals surface area contributed by atoms with Crippen molar-refractivity contribution in [1.82, 2.24) is 0 Å². The van der Waals surface area contributed by atoms with Crippen molar-refractivity contribution in [2.45, 2.75) is 71.8 Å². The first-order valence-corrected chi connectivity index (χ1v) is 7.35. The van der Waals surface area contributed by atoms with Crippen molar-refractivity contribution in [3.8, 4) is 0 Å². The van der Waals surface area contributed by atoms with Crippen LogP contribution in [0.5, 0.6) is 0 Å². The predicted octanol–water partition coefficient (Wildman–Crippen LogP) is 3.30. The first-order valence-electron chi connectivity index (χ1n) is 7.35. The van der Waals surface area contributed by atoms with Gasteiger partial charge in [-0.1, -0.05) is 32.1 Å². The molecular formula is C15H28O3. The Bertz CT molecular complexity index is 252. The zero-order chi connectivity index (χ0) is 13.6. The average molecular weight is 256 g/mol. The normalized spacial score (nSPS) is 20.9. The van der Waals surface area contributed by atoms with E-state index in [4.69, 9.17) is 4.74 Å². The molecule has 0 spiro atoms. The van der Waals surface area contributed by atoms with E-state index in [9.17, 15) is 9.90 Å². The summed E-state index contributed by atoms with van der Waals surface area (Å²) in [5, 5.41) is 10.5. The smallest absolute Gasteiger partial charge is 0.314 e. The lowest BCUT2D eigenvalue weighted by Gasteiger charge is -2.34. The van der Waals surface area contributed by atoms with E-state index in [1.54, 1.807) is 20.8 Å². The van der Waals surface area contributed by atoms with Crippen LogP contribution in [0.2, 0.25) is 0 Å². The minimum atomic E-state index is -0.792. The lowest BCUT2D eigenvalue weighted by molar-refractivity contribution is -0.162. The predicted molar refractivity (Wildman–Crippen MR) is 72.2 cm³/mol. The first-order chi connectivity index (χ1) is 8.50. The summed E-state index contributed by atoms with van der Waals surface area (Å²) in [5.74, 6) is -0.0377. The molecular weight excluding hydrogens is 228 g/mol. The molecule has 1 aliphatic carbocycles. The molecule has 0 amide bonds. The van der Waals surface area contributed by atoms with Crippen LogP contribution in [0.3, 0.4) is 0 Å². The zero-order valence-corrected chi connectivity index (χ0v) is 12.1. The molecule has 1 N–H and O–H groups in total. The highest BCUT2D eigenvalue weighted by Crippen LogP contribution is 2.34. The number of carbonyl (C=O) groups excluding carboxylic acids is 1. The lowest BCUT2D eigenvalue weighted by atomic mass is 9.75. The fraction of sp³-hybridized carbons (Fsp3) is 0.933. The molecule has 1 unspecified atom stereocenters. The zero-order valence-electron chi connectivity index (χ0n) is 12.1. The van der Waals surface area contributed by atoms with Crippen LogP contribution in [0.1, 0.15) is 65.7 Å². The molecule has 1 saturated carbocycles. The molecule has 3 nitrogen and oxygen atoms in total. The number of aliphatic hydroxyl groups excluding tert-OH is 1. The van der Waals surface area contributed by atoms with Gasteiger partial charge < -0.3 is 9.84 Å². The van der Waals surface area contributed by atoms with Crippen molar-refractivity contribution in [3.63, 3.8) is 0 Å². The van der Waals surface area contributed by atoms with Gasteiger partial charge in [0.1, 0.15) is 0 Å². The van der Waals surface area contributed by atoms with Gasteiger partial charge in [-0.15, -0.1) is 0 Å². The molecule has 1 atom stereocenters. The Kier molecular flexibility index (Phi) is 6.13. The largest absolute Gasteiger partial charge is 0.466 e. The van der Waals surface area contributed by atoms with E-state index in [2.05, 4.69) is 0 Å². The molecule has 1 fully saturated rings. The highest BCUT2D eigenvalue weighted by molar-refractivity contribution is 5.76. The number of aliphatic hydroxyl groups is 1. The third kappa shape index (κ3) is 3.98. The Morgan fingerprint density at radius 3 is 2.22 bits per heavy atom. The van der Waals surface area contributed by atoms with E-state index in [0.717, 1.165) is 12.8 Å². The summed E-state index contributed by atoms with van der Waals surface area (Å²) in [6, 6.07) is 0. The highest BCUT2D eigenvalue weighted by atomic mass is 16.5. The third-order valence-electron chi connectivity index (χ3n) is 4.14. The number of rotatable bonds is 4. The van der Waals surface area contributed by atoms with E-state index in [0.29, 0.717) is 6.61 Å². The van der Waals surface area contributed by atoms with Crippen LogP contribution >= 0.6 is 0 Å². The summed E-state index contributed by atoms with van der Waals surface area (Å²) >= 11 is 0. The Balaban J connectivity index is 2.64. The van der Waals surface area contributed by atoms with Crippen molar-refractivity contribution in [3.05, 3.63) is 0 Å². The molecule has 0 aromatic heterocycles. The summed E-state index contributed by atoms with van der Waals surface area (Å²) in [7, 11) is 0. The number of hydrogen-bond donors (Lipinski definition) is 1. The van der Waals surface area contributed by atoms with Crippen molar-refractivity contribution in [2.24, 2.45) is 11.3 Å². The van der Waals surface area contributed by atoms with E-state index in [-0.39, 0.29) is 11.9 Å². The van der Waals surface area contributed by atoms with Gasteiger partial charge in [-0.25, -0.2) is 0 Å². The summed E-state index contributed by atoms with van der Waals surface area (Å²) in [6.45, 7) is 5.78. The molecule has 1 rings (SSSR count). The molecule has 0 aromatic carbocycles. The molecule has 106 valence electrons. The number of carbonyl (C=O) groups is 1. The summed E-state index contributed by atoms with van der Waals surface area (Å²) < 4.78 is 5.08. The van der Waals surface area contributed by atoms with Gasteiger partial charge in [0.05, 0.1) is 18.1 Å². The van der Waals surface area contributed by atoms with Gasteiger partial charge in [0.2, 0.25) is 0 Å². The molecule has 0 saturated heterocycles. The van der Waals surface area contributed by atoms with Crippen molar-refractivity contribution in [2.75, 3.05) is 6.61 Å². The van der Waals surface area contributed by atoms with Gasteiger partial charge in [-0.3, -0.25) is 4.79 Å². The van der Waals surface area contributed by atoms with Crippen molar-refractivity contribution >= 4 is 5.97 Å². The summed E-state index contributed by atoms with van der Waals surface area (Å²) in [4.78, 5) is 11.9. The number of esters is 1.